The van der Waals surface area contributed by atoms with E-state index in [0.717, 1.165) is 13.0 Å². The van der Waals surface area contributed by atoms with Gasteiger partial charge in [-0.1, -0.05) is 36.4 Å². The molecular formula is C18H22FN3O. The second-order valence-electron chi connectivity index (χ2n) is 5.36. The van der Waals surface area contributed by atoms with Crippen LogP contribution in [-0.4, -0.2) is 37.0 Å². The summed E-state index contributed by atoms with van der Waals surface area (Å²) in [5, 5.41) is 2.71. The summed E-state index contributed by atoms with van der Waals surface area (Å²) in [6.45, 7) is 2.11. The first-order valence-electron chi connectivity index (χ1n) is 7.69. The fraction of sp³-hybridized carbons (Fsp3) is 0.278. The molecule has 0 saturated carbocycles. The highest BCUT2D eigenvalue weighted by molar-refractivity contribution is 5.92. The van der Waals surface area contributed by atoms with Crippen LogP contribution >= 0.6 is 0 Å². The van der Waals surface area contributed by atoms with Crippen molar-refractivity contribution >= 4 is 11.6 Å². The second-order valence-corrected chi connectivity index (χ2v) is 5.36. The highest BCUT2D eigenvalue weighted by Crippen LogP contribution is 2.09. The summed E-state index contributed by atoms with van der Waals surface area (Å²) in [6, 6.07) is 16.0. The molecule has 0 atom stereocenters. The molecule has 2 aromatic carbocycles. The van der Waals surface area contributed by atoms with Crippen molar-refractivity contribution in [2.75, 3.05) is 31.5 Å². The largest absolute Gasteiger partial charge is 0.329 e. The van der Waals surface area contributed by atoms with E-state index in [-0.39, 0.29) is 18.3 Å². The van der Waals surface area contributed by atoms with Crippen LogP contribution in [0.4, 0.5) is 10.1 Å². The molecule has 0 heterocycles. The van der Waals surface area contributed by atoms with Gasteiger partial charge >= 0.3 is 0 Å². The van der Waals surface area contributed by atoms with Crippen LogP contribution in [0, 0.1) is 5.82 Å². The quantitative estimate of drug-likeness (QED) is 0.785. The van der Waals surface area contributed by atoms with Crippen LogP contribution in [-0.2, 0) is 11.2 Å². The number of nitrogens with one attached hydrogen (secondary N) is 1. The van der Waals surface area contributed by atoms with Crippen molar-refractivity contribution < 1.29 is 9.18 Å². The van der Waals surface area contributed by atoms with Crippen LogP contribution in [0.5, 0.6) is 0 Å². The van der Waals surface area contributed by atoms with E-state index >= 15 is 0 Å². The lowest BCUT2D eigenvalue weighted by molar-refractivity contribution is -0.117. The molecule has 0 aromatic heterocycles. The number of anilines is 1. The number of nitrogens with two attached hydrogens (primary N) is 1. The molecule has 1 amide bonds. The van der Waals surface area contributed by atoms with E-state index in [1.807, 2.05) is 23.1 Å². The highest BCUT2D eigenvalue weighted by Gasteiger charge is 2.10. The van der Waals surface area contributed by atoms with E-state index in [1.54, 1.807) is 12.1 Å². The summed E-state index contributed by atoms with van der Waals surface area (Å²) in [6.07, 6.45) is 0.855. The number of hydrogen-bond donors (Lipinski definition) is 2. The molecule has 0 bridgehead atoms. The summed E-state index contributed by atoms with van der Waals surface area (Å²) in [5.74, 6) is -0.539. The van der Waals surface area contributed by atoms with Crippen molar-refractivity contribution in [2.24, 2.45) is 5.73 Å². The first kappa shape index (κ1) is 17.1. The minimum absolute atomic E-state index is 0.169. The maximum absolute atomic E-state index is 13.1. The van der Waals surface area contributed by atoms with Crippen LogP contribution in [0.3, 0.4) is 0 Å². The number of halogens is 1. The summed E-state index contributed by atoms with van der Waals surface area (Å²) >= 11 is 0. The lowest BCUT2D eigenvalue weighted by atomic mass is 10.1. The summed E-state index contributed by atoms with van der Waals surface area (Å²) in [7, 11) is 0. The van der Waals surface area contributed by atoms with Gasteiger partial charge in [0.15, 0.2) is 0 Å². The molecule has 2 rings (SSSR count). The Bertz CT molecular complexity index is 619. The summed E-state index contributed by atoms with van der Waals surface area (Å²) in [5.41, 5.74) is 7.31. The average molecular weight is 315 g/mol. The van der Waals surface area contributed by atoms with Gasteiger partial charge in [0.05, 0.1) is 6.54 Å². The summed E-state index contributed by atoms with van der Waals surface area (Å²) < 4.78 is 13.1. The third-order valence-corrected chi connectivity index (χ3v) is 3.48. The smallest absolute Gasteiger partial charge is 0.238 e. The lowest BCUT2D eigenvalue weighted by Gasteiger charge is -2.21. The monoisotopic (exact) mass is 315 g/mol. The molecular weight excluding hydrogens is 293 g/mol. The number of rotatable bonds is 8. The van der Waals surface area contributed by atoms with Gasteiger partial charge in [0.25, 0.3) is 0 Å². The number of amides is 1. The SMILES string of the molecule is NCCN(CCc1ccccc1)CC(=O)Nc1cccc(F)c1. The first-order valence-corrected chi connectivity index (χ1v) is 7.69. The van der Waals surface area contributed by atoms with Crippen LogP contribution in [0.15, 0.2) is 54.6 Å². The number of nitrogens with zero attached hydrogens (tertiary/aromatic N) is 1. The van der Waals surface area contributed by atoms with E-state index in [2.05, 4.69) is 17.4 Å². The maximum Gasteiger partial charge on any atom is 0.238 e. The van der Waals surface area contributed by atoms with E-state index in [1.165, 1.54) is 17.7 Å². The molecule has 0 saturated heterocycles. The molecule has 122 valence electrons. The average Bonchev–Trinajstić information content (AvgIpc) is 2.54. The minimum atomic E-state index is -0.370. The molecule has 4 nitrogen and oxygen atoms in total. The van der Waals surface area contributed by atoms with Crippen molar-refractivity contribution in [3.05, 3.63) is 66.0 Å². The van der Waals surface area contributed by atoms with Gasteiger partial charge in [-0.05, 0) is 30.2 Å². The zero-order valence-corrected chi connectivity index (χ0v) is 13.0. The van der Waals surface area contributed by atoms with Gasteiger partial charge in [-0.2, -0.15) is 0 Å². The summed E-state index contributed by atoms with van der Waals surface area (Å²) in [4.78, 5) is 14.1. The van der Waals surface area contributed by atoms with Gasteiger partial charge in [-0.15, -0.1) is 0 Å². The standard InChI is InChI=1S/C18H22FN3O/c19-16-7-4-8-17(13-16)21-18(23)14-22(12-10-20)11-9-15-5-2-1-3-6-15/h1-8,13H,9-12,14,20H2,(H,21,23). The molecule has 0 fully saturated rings. The Morgan fingerprint density at radius 1 is 1.09 bits per heavy atom. The Morgan fingerprint density at radius 3 is 2.57 bits per heavy atom. The normalized spacial score (nSPS) is 10.7. The fourth-order valence-corrected chi connectivity index (χ4v) is 2.35. The predicted molar refractivity (Wildman–Crippen MR) is 90.7 cm³/mol. The van der Waals surface area contributed by atoms with Crippen LogP contribution < -0.4 is 11.1 Å². The number of hydrogen-bond acceptors (Lipinski definition) is 3. The molecule has 0 radical (unpaired) electrons. The number of carbonyl (C=O) groups excluding carboxylic acids is 1. The molecule has 0 spiro atoms. The van der Waals surface area contributed by atoms with Crippen molar-refractivity contribution in [2.45, 2.75) is 6.42 Å². The van der Waals surface area contributed by atoms with Gasteiger partial charge in [-0.3, -0.25) is 9.69 Å². The van der Waals surface area contributed by atoms with Gasteiger partial charge in [0.1, 0.15) is 5.82 Å². The van der Waals surface area contributed by atoms with E-state index in [4.69, 9.17) is 5.73 Å². The minimum Gasteiger partial charge on any atom is -0.329 e. The molecule has 2 aromatic rings. The molecule has 0 unspecified atom stereocenters. The molecule has 0 aliphatic heterocycles. The lowest BCUT2D eigenvalue weighted by Crippen LogP contribution is -2.38. The van der Waals surface area contributed by atoms with Crippen molar-refractivity contribution in [3.8, 4) is 0 Å². The third kappa shape index (κ3) is 6.18. The molecule has 0 aliphatic rings. The fourth-order valence-electron chi connectivity index (χ4n) is 2.35. The Labute approximate surface area is 136 Å². The van der Waals surface area contributed by atoms with Crippen LogP contribution in [0.25, 0.3) is 0 Å². The zero-order chi connectivity index (χ0) is 16.5. The maximum atomic E-state index is 13.1. The van der Waals surface area contributed by atoms with Crippen LogP contribution in [0.1, 0.15) is 5.56 Å². The van der Waals surface area contributed by atoms with E-state index < -0.39 is 0 Å². The van der Waals surface area contributed by atoms with Gasteiger partial charge in [0, 0.05) is 25.3 Å². The van der Waals surface area contributed by atoms with E-state index in [9.17, 15) is 9.18 Å². The second kappa shape index (κ2) is 9.02. The number of carbonyl (C=O) groups is 1. The van der Waals surface area contributed by atoms with Crippen molar-refractivity contribution in [3.63, 3.8) is 0 Å². The Kier molecular flexibility index (Phi) is 6.72. The van der Waals surface area contributed by atoms with Gasteiger partial charge in [0.2, 0.25) is 5.91 Å². The molecule has 3 N–H and O–H groups in total. The van der Waals surface area contributed by atoms with Gasteiger partial charge < -0.3 is 11.1 Å². The molecule has 5 heteroatoms. The van der Waals surface area contributed by atoms with Gasteiger partial charge in [-0.25, -0.2) is 4.39 Å². The zero-order valence-electron chi connectivity index (χ0n) is 13.0. The predicted octanol–water partition coefficient (Wildman–Crippen LogP) is 2.27. The topological polar surface area (TPSA) is 58.4 Å². The van der Waals surface area contributed by atoms with Crippen molar-refractivity contribution in [1.82, 2.24) is 4.90 Å². The Hall–Kier alpha value is -2.24. The Morgan fingerprint density at radius 2 is 1.87 bits per heavy atom. The van der Waals surface area contributed by atoms with Crippen LogP contribution in [0.2, 0.25) is 0 Å². The highest BCUT2D eigenvalue weighted by atomic mass is 19.1. The van der Waals surface area contributed by atoms with Crippen molar-refractivity contribution in [1.29, 1.82) is 0 Å². The van der Waals surface area contributed by atoms with E-state index in [0.29, 0.717) is 18.8 Å². The molecule has 0 aliphatic carbocycles. The third-order valence-electron chi connectivity index (χ3n) is 3.48. The Balaban J connectivity index is 1.86. The number of benzene rings is 2. The first-order chi connectivity index (χ1) is 11.2. The molecule has 23 heavy (non-hydrogen) atoms.